The molecule has 1 fully saturated rings. The molecule has 1 aliphatic heterocycles. The van der Waals surface area contributed by atoms with E-state index in [0.717, 1.165) is 30.5 Å². The first-order valence-electron chi connectivity index (χ1n) is 11.0. The number of fused-ring (bicyclic) bond motifs is 1. The van der Waals surface area contributed by atoms with Gasteiger partial charge in [-0.15, -0.1) is 0 Å². The molecule has 2 atom stereocenters. The number of hydrogen-bond acceptors (Lipinski definition) is 6. The largest absolute Gasteiger partial charge is 0.493 e. The second-order valence-electron chi connectivity index (χ2n) is 8.10. The van der Waals surface area contributed by atoms with Crippen molar-refractivity contribution in [3.63, 3.8) is 0 Å². The van der Waals surface area contributed by atoms with Crippen LogP contribution in [0.5, 0.6) is 11.5 Å². The maximum absolute atomic E-state index is 12.9. The monoisotopic (exact) mass is 450 g/mol. The molecule has 0 spiro atoms. The molecule has 33 heavy (non-hydrogen) atoms. The van der Waals surface area contributed by atoms with Gasteiger partial charge in [-0.2, -0.15) is 0 Å². The molecule has 174 valence electrons. The van der Waals surface area contributed by atoms with Crippen LogP contribution in [0.4, 0.5) is 10.5 Å². The number of ether oxygens (including phenoxy) is 3. The number of amides is 2. The Morgan fingerprint density at radius 1 is 1.06 bits per heavy atom. The van der Waals surface area contributed by atoms with Crippen molar-refractivity contribution in [2.45, 2.75) is 12.0 Å². The maximum atomic E-state index is 12.9. The fourth-order valence-corrected chi connectivity index (χ4v) is 4.33. The van der Waals surface area contributed by atoms with Crippen molar-refractivity contribution in [3.8, 4) is 11.5 Å². The molecule has 2 heterocycles. The standard InChI is InChI=1S/C25H30N4O4/c1-31-10-9-29-15-20(17-7-5-4-6-8-17)22(16-29)28-25(30)27-19-11-18-12-23(32-2)24(33-3)13-21(18)26-14-19/h4-8,11-14,20,22H,9-10,15-16H2,1-3H3,(H2,27,28,30)/t20-,22+/m0/s1. The first-order valence-corrected chi connectivity index (χ1v) is 11.0. The zero-order valence-electron chi connectivity index (χ0n) is 19.2. The predicted molar refractivity (Wildman–Crippen MR) is 128 cm³/mol. The lowest BCUT2D eigenvalue weighted by Crippen LogP contribution is -2.42. The third-order valence-corrected chi connectivity index (χ3v) is 6.00. The van der Waals surface area contributed by atoms with E-state index in [9.17, 15) is 4.79 Å². The molecule has 8 heteroatoms. The Balaban J connectivity index is 1.47. The average molecular weight is 451 g/mol. The van der Waals surface area contributed by atoms with Crippen molar-refractivity contribution >= 4 is 22.6 Å². The van der Waals surface area contributed by atoms with Crippen LogP contribution in [-0.2, 0) is 4.74 Å². The molecule has 0 unspecified atom stereocenters. The third kappa shape index (κ3) is 5.35. The van der Waals surface area contributed by atoms with Gasteiger partial charge in [0.2, 0.25) is 0 Å². The van der Waals surface area contributed by atoms with Crippen LogP contribution in [0.15, 0.2) is 54.7 Å². The van der Waals surface area contributed by atoms with Gasteiger partial charge in [0.05, 0.1) is 44.3 Å². The molecule has 1 saturated heterocycles. The van der Waals surface area contributed by atoms with Crippen LogP contribution in [0.25, 0.3) is 10.9 Å². The van der Waals surface area contributed by atoms with Crippen LogP contribution < -0.4 is 20.1 Å². The van der Waals surface area contributed by atoms with Gasteiger partial charge in [-0.25, -0.2) is 4.79 Å². The Morgan fingerprint density at radius 3 is 2.55 bits per heavy atom. The summed E-state index contributed by atoms with van der Waals surface area (Å²) >= 11 is 0. The number of anilines is 1. The van der Waals surface area contributed by atoms with E-state index in [2.05, 4.69) is 32.7 Å². The van der Waals surface area contributed by atoms with Crippen molar-refractivity contribution < 1.29 is 19.0 Å². The molecule has 4 rings (SSSR count). The molecular formula is C25H30N4O4. The highest BCUT2D eigenvalue weighted by atomic mass is 16.5. The van der Waals surface area contributed by atoms with E-state index in [0.29, 0.717) is 23.8 Å². The van der Waals surface area contributed by atoms with E-state index in [1.165, 1.54) is 5.56 Å². The first-order chi connectivity index (χ1) is 16.1. The molecule has 0 radical (unpaired) electrons. The van der Waals surface area contributed by atoms with Gasteiger partial charge in [0, 0.05) is 44.1 Å². The summed E-state index contributed by atoms with van der Waals surface area (Å²) in [5.41, 5.74) is 2.58. The molecule has 2 N–H and O–H groups in total. The van der Waals surface area contributed by atoms with Crippen molar-refractivity contribution in [1.82, 2.24) is 15.2 Å². The highest BCUT2D eigenvalue weighted by molar-refractivity contribution is 5.93. The van der Waals surface area contributed by atoms with Crippen LogP contribution in [0.3, 0.4) is 0 Å². The normalized spacial score (nSPS) is 18.3. The number of likely N-dealkylation sites (tertiary alicyclic amines) is 1. The molecule has 3 aromatic rings. The molecule has 1 aromatic heterocycles. The van der Waals surface area contributed by atoms with Crippen LogP contribution in [-0.4, -0.2) is 69.5 Å². The van der Waals surface area contributed by atoms with E-state index < -0.39 is 0 Å². The summed E-state index contributed by atoms with van der Waals surface area (Å²) in [7, 11) is 4.89. The molecule has 2 aromatic carbocycles. The SMILES string of the molecule is COCCN1C[C@@H](NC(=O)Nc2cnc3cc(OC)c(OC)cc3c2)[C@H](c2ccccc2)C1. The van der Waals surface area contributed by atoms with Crippen molar-refractivity contribution in [1.29, 1.82) is 0 Å². The minimum Gasteiger partial charge on any atom is -0.493 e. The number of carbonyl (C=O) groups is 1. The Hall–Kier alpha value is -3.36. The summed E-state index contributed by atoms with van der Waals surface area (Å²) in [4.78, 5) is 19.7. The summed E-state index contributed by atoms with van der Waals surface area (Å²) < 4.78 is 16.0. The Labute approximate surface area is 193 Å². The van der Waals surface area contributed by atoms with Gasteiger partial charge in [-0.1, -0.05) is 30.3 Å². The number of urea groups is 1. The number of nitrogens with zero attached hydrogens (tertiary/aromatic N) is 2. The lowest BCUT2D eigenvalue weighted by molar-refractivity contribution is 0.159. The van der Waals surface area contributed by atoms with Gasteiger partial charge in [0.1, 0.15) is 0 Å². The molecule has 0 bridgehead atoms. The van der Waals surface area contributed by atoms with E-state index in [1.807, 2.05) is 36.4 Å². The van der Waals surface area contributed by atoms with Crippen LogP contribution in [0, 0.1) is 0 Å². The number of pyridine rings is 1. The minimum atomic E-state index is -0.254. The van der Waals surface area contributed by atoms with Crippen LogP contribution in [0.2, 0.25) is 0 Å². The van der Waals surface area contributed by atoms with Gasteiger partial charge in [0.25, 0.3) is 0 Å². The molecule has 0 saturated carbocycles. The zero-order valence-corrected chi connectivity index (χ0v) is 19.2. The van der Waals surface area contributed by atoms with Gasteiger partial charge in [-0.3, -0.25) is 9.88 Å². The number of hydrogen-bond donors (Lipinski definition) is 2. The second kappa shape index (κ2) is 10.5. The highest BCUT2D eigenvalue weighted by Gasteiger charge is 2.34. The molecule has 2 amide bonds. The van der Waals surface area contributed by atoms with E-state index in [1.54, 1.807) is 27.5 Å². The smallest absolute Gasteiger partial charge is 0.319 e. The van der Waals surface area contributed by atoms with E-state index in [4.69, 9.17) is 14.2 Å². The van der Waals surface area contributed by atoms with Gasteiger partial charge >= 0.3 is 6.03 Å². The number of nitrogens with one attached hydrogen (secondary N) is 2. The fraction of sp³-hybridized carbons (Fsp3) is 0.360. The zero-order chi connectivity index (χ0) is 23.2. The lowest BCUT2D eigenvalue weighted by Gasteiger charge is -2.20. The topological polar surface area (TPSA) is 85.0 Å². The van der Waals surface area contributed by atoms with Crippen molar-refractivity contribution in [3.05, 3.63) is 60.3 Å². The quantitative estimate of drug-likeness (QED) is 0.547. The van der Waals surface area contributed by atoms with E-state index in [-0.39, 0.29) is 18.0 Å². The molecule has 8 nitrogen and oxygen atoms in total. The Kier molecular flexibility index (Phi) is 7.26. The molecular weight excluding hydrogens is 420 g/mol. The summed E-state index contributed by atoms with van der Waals surface area (Å²) in [6.45, 7) is 3.14. The van der Waals surface area contributed by atoms with Crippen molar-refractivity contribution in [2.75, 3.05) is 52.9 Å². The summed E-state index contributed by atoms with van der Waals surface area (Å²) in [5.74, 6) is 1.43. The lowest BCUT2D eigenvalue weighted by atomic mass is 9.94. The molecule has 0 aliphatic carbocycles. The average Bonchev–Trinajstić information content (AvgIpc) is 3.24. The second-order valence-corrected chi connectivity index (χ2v) is 8.10. The summed E-state index contributed by atoms with van der Waals surface area (Å²) in [6.07, 6.45) is 1.64. The predicted octanol–water partition coefficient (Wildman–Crippen LogP) is 3.49. The number of methoxy groups -OCH3 is 3. The fourth-order valence-electron chi connectivity index (χ4n) is 4.33. The van der Waals surface area contributed by atoms with Gasteiger partial charge < -0.3 is 24.8 Å². The number of carbonyl (C=O) groups excluding carboxylic acids is 1. The first kappa shape index (κ1) is 22.8. The Bertz CT molecular complexity index is 1090. The van der Waals surface area contributed by atoms with Crippen LogP contribution >= 0.6 is 0 Å². The van der Waals surface area contributed by atoms with Gasteiger partial charge in [0.15, 0.2) is 11.5 Å². The number of benzene rings is 2. The van der Waals surface area contributed by atoms with Gasteiger partial charge in [-0.05, 0) is 17.7 Å². The van der Waals surface area contributed by atoms with E-state index >= 15 is 0 Å². The number of aromatic nitrogens is 1. The minimum absolute atomic E-state index is 0.0120. The Morgan fingerprint density at radius 2 is 1.82 bits per heavy atom. The summed E-state index contributed by atoms with van der Waals surface area (Å²) in [5, 5.41) is 6.94. The molecule has 1 aliphatic rings. The maximum Gasteiger partial charge on any atom is 0.319 e. The van der Waals surface area contributed by atoms with Crippen LogP contribution in [0.1, 0.15) is 11.5 Å². The summed E-state index contributed by atoms with van der Waals surface area (Å²) in [6, 6.07) is 15.6. The number of rotatable bonds is 8. The third-order valence-electron chi connectivity index (χ3n) is 6.00. The van der Waals surface area contributed by atoms with Crippen molar-refractivity contribution in [2.24, 2.45) is 0 Å². The highest BCUT2D eigenvalue weighted by Crippen LogP contribution is 2.32.